The second-order valence-electron chi connectivity index (χ2n) is 5.33. The first-order valence-electron chi connectivity index (χ1n) is 6.82. The van der Waals surface area contributed by atoms with Gasteiger partial charge in [0.05, 0.1) is 6.61 Å². The second kappa shape index (κ2) is 7.71. The van der Waals surface area contributed by atoms with Crippen molar-refractivity contribution >= 4 is 17.4 Å². The highest BCUT2D eigenvalue weighted by Crippen LogP contribution is 2.22. The van der Waals surface area contributed by atoms with Crippen LogP contribution in [0.1, 0.15) is 44.9 Å². The van der Waals surface area contributed by atoms with E-state index in [0.29, 0.717) is 24.4 Å². The molecule has 0 saturated heterocycles. The molecule has 1 aromatic heterocycles. The molecule has 0 atom stereocenters. The highest BCUT2D eigenvalue weighted by Gasteiger charge is 2.14. The first kappa shape index (κ1) is 16.3. The lowest BCUT2D eigenvalue weighted by Gasteiger charge is -2.28. The Bertz CT molecular complexity index is 394. The zero-order valence-corrected chi connectivity index (χ0v) is 13.4. The van der Waals surface area contributed by atoms with Gasteiger partial charge in [0, 0.05) is 31.3 Å². The van der Waals surface area contributed by atoms with Crippen molar-refractivity contribution in [2.75, 3.05) is 25.2 Å². The molecule has 19 heavy (non-hydrogen) atoms. The van der Waals surface area contributed by atoms with Crippen molar-refractivity contribution in [2.45, 2.75) is 45.5 Å². The summed E-state index contributed by atoms with van der Waals surface area (Å²) in [4.78, 5) is 7.02. The third-order valence-corrected chi connectivity index (χ3v) is 3.40. The predicted molar refractivity (Wildman–Crippen MR) is 82.2 cm³/mol. The van der Waals surface area contributed by atoms with Gasteiger partial charge in [0.1, 0.15) is 5.82 Å². The molecular formula is C15H25ClN2O. The van der Waals surface area contributed by atoms with Crippen molar-refractivity contribution in [2.24, 2.45) is 0 Å². The minimum Gasteiger partial charge on any atom is -0.383 e. The van der Waals surface area contributed by atoms with Crippen molar-refractivity contribution in [1.82, 2.24) is 4.98 Å². The lowest BCUT2D eigenvalue weighted by molar-refractivity contribution is 0.203. The van der Waals surface area contributed by atoms with Crippen LogP contribution in [-0.2, 0) is 10.6 Å². The van der Waals surface area contributed by atoms with E-state index in [0.717, 1.165) is 23.6 Å². The minimum atomic E-state index is 0.383. The Kier molecular flexibility index (Phi) is 6.59. The zero-order valence-electron chi connectivity index (χ0n) is 12.6. The number of alkyl halides is 1. The van der Waals surface area contributed by atoms with Gasteiger partial charge < -0.3 is 9.64 Å². The van der Waals surface area contributed by atoms with Crippen molar-refractivity contribution in [3.05, 3.63) is 23.4 Å². The van der Waals surface area contributed by atoms with Crippen LogP contribution in [0.4, 0.5) is 5.82 Å². The molecule has 0 aromatic carbocycles. The monoisotopic (exact) mass is 284 g/mol. The summed E-state index contributed by atoms with van der Waals surface area (Å²) in [6.45, 7) is 10.2. The molecule has 3 nitrogen and oxygen atoms in total. The Labute approximate surface area is 121 Å². The van der Waals surface area contributed by atoms with Crippen LogP contribution in [0.2, 0.25) is 0 Å². The highest BCUT2D eigenvalue weighted by atomic mass is 35.5. The Morgan fingerprint density at radius 2 is 1.95 bits per heavy atom. The summed E-state index contributed by atoms with van der Waals surface area (Å²) in [7, 11) is 1.72. The maximum atomic E-state index is 5.99. The van der Waals surface area contributed by atoms with Crippen molar-refractivity contribution in [1.29, 1.82) is 0 Å². The van der Waals surface area contributed by atoms with E-state index in [1.807, 2.05) is 0 Å². The Hall–Kier alpha value is -0.800. The van der Waals surface area contributed by atoms with Crippen molar-refractivity contribution < 1.29 is 4.74 Å². The van der Waals surface area contributed by atoms with Crippen LogP contribution >= 0.6 is 11.6 Å². The molecule has 1 aromatic rings. The Morgan fingerprint density at radius 1 is 1.26 bits per heavy atom. The summed E-state index contributed by atoms with van der Waals surface area (Å²) in [5.41, 5.74) is 2.22. The van der Waals surface area contributed by atoms with Crippen LogP contribution in [0.25, 0.3) is 0 Å². The van der Waals surface area contributed by atoms with Crippen LogP contribution in [-0.4, -0.2) is 31.3 Å². The maximum Gasteiger partial charge on any atom is 0.129 e. The first-order valence-corrected chi connectivity index (χ1v) is 7.35. The second-order valence-corrected chi connectivity index (χ2v) is 5.59. The van der Waals surface area contributed by atoms with Gasteiger partial charge in [-0.1, -0.05) is 13.8 Å². The molecular weight excluding hydrogens is 260 g/mol. The molecule has 0 saturated carbocycles. The minimum absolute atomic E-state index is 0.383. The smallest absolute Gasteiger partial charge is 0.129 e. The number of rotatable bonds is 7. The fraction of sp³-hybridized carbons (Fsp3) is 0.667. The molecule has 0 unspecified atom stereocenters. The lowest BCUT2D eigenvalue weighted by atomic mass is 10.1. The van der Waals surface area contributed by atoms with E-state index in [1.54, 1.807) is 7.11 Å². The van der Waals surface area contributed by atoms with Crippen molar-refractivity contribution in [3.63, 3.8) is 0 Å². The summed E-state index contributed by atoms with van der Waals surface area (Å²) >= 11 is 5.99. The van der Waals surface area contributed by atoms with Gasteiger partial charge in [-0.25, -0.2) is 4.98 Å². The summed E-state index contributed by atoms with van der Waals surface area (Å²) in [5, 5.41) is 0. The van der Waals surface area contributed by atoms with Crippen LogP contribution in [0.15, 0.2) is 12.1 Å². The highest BCUT2D eigenvalue weighted by molar-refractivity contribution is 6.17. The number of nitrogens with zero attached hydrogens (tertiary/aromatic N) is 2. The van der Waals surface area contributed by atoms with E-state index < -0.39 is 0 Å². The van der Waals surface area contributed by atoms with Gasteiger partial charge in [0.25, 0.3) is 0 Å². The average molecular weight is 285 g/mol. The van der Waals surface area contributed by atoms with E-state index >= 15 is 0 Å². The van der Waals surface area contributed by atoms with Gasteiger partial charge >= 0.3 is 0 Å². The number of halogens is 1. The summed E-state index contributed by atoms with van der Waals surface area (Å²) in [5.74, 6) is 1.91. The number of hydrogen-bond acceptors (Lipinski definition) is 3. The fourth-order valence-electron chi connectivity index (χ4n) is 1.94. The summed E-state index contributed by atoms with van der Waals surface area (Å²) < 4.78 is 5.18. The number of hydrogen-bond donors (Lipinski definition) is 0. The van der Waals surface area contributed by atoms with Crippen LogP contribution < -0.4 is 4.90 Å². The molecule has 0 N–H and O–H groups in total. The first-order chi connectivity index (χ1) is 8.99. The molecule has 0 bridgehead atoms. The largest absolute Gasteiger partial charge is 0.383 e. The van der Waals surface area contributed by atoms with E-state index in [4.69, 9.17) is 21.3 Å². The molecule has 0 aliphatic heterocycles. The molecule has 1 rings (SSSR count). The average Bonchev–Trinajstić information content (AvgIpc) is 2.38. The topological polar surface area (TPSA) is 25.4 Å². The number of pyridine rings is 1. The lowest BCUT2D eigenvalue weighted by Crippen LogP contribution is -2.34. The van der Waals surface area contributed by atoms with Gasteiger partial charge in [-0.05, 0) is 37.5 Å². The molecule has 0 aliphatic carbocycles. The third kappa shape index (κ3) is 4.66. The van der Waals surface area contributed by atoms with Gasteiger partial charge in [-0.3, -0.25) is 0 Å². The molecule has 0 spiro atoms. The molecule has 108 valence electrons. The standard InChI is InChI=1S/C15H25ClN2O/c1-11(2)14-8-13(10-16)9-15(17-14)18(12(3)4)6-7-19-5/h8-9,11-12H,6-7,10H2,1-5H3. The molecule has 0 fully saturated rings. The van der Waals surface area contributed by atoms with Gasteiger partial charge in [-0.15, -0.1) is 11.6 Å². The quantitative estimate of drug-likeness (QED) is 0.712. The SMILES string of the molecule is COCCN(c1cc(CCl)cc(C(C)C)n1)C(C)C. The Morgan fingerprint density at radius 3 is 2.42 bits per heavy atom. The van der Waals surface area contributed by atoms with Crippen molar-refractivity contribution in [3.8, 4) is 0 Å². The van der Waals surface area contributed by atoms with E-state index in [-0.39, 0.29) is 0 Å². The third-order valence-electron chi connectivity index (χ3n) is 3.09. The fourth-order valence-corrected chi connectivity index (χ4v) is 2.10. The van der Waals surface area contributed by atoms with E-state index in [1.165, 1.54) is 0 Å². The number of methoxy groups -OCH3 is 1. The maximum absolute atomic E-state index is 5.99. The zero-order chi connectivity index (χ0) is 14.4. The number of aromatic nitrogens is 1. The Balaban J connectivity index is 3.10. The molecule has 1 heterocycles. The molecule has 0 aliphatic rings. The molecule has 0 radical (unpaired) electrons. The number of anilines is 1. The van der Waals surface area contributed by atoms with Crippen LogP contribution in [0, 0.1) is 0 Å². The summed E-state index contributed by atoms with van der Waals surface area (Å²) in [6.07, 6.45) is 0. The van der Waals surface area contributed by atoms with E-state index in [9.17, 15) is 0 Å². The molecule has 4 heteroatoms. The predicted octanol–water partition coefficient (Wildman–Crippen LogP) is 3.81. The van der Waals surface area contributed by atoms with Gasteiger partial charge in [-0.2, -0.15) is 0 Å². The van der Waals surface area contributed by atoms with Gasteiger partial charge in [0.15, 0.2) is 0 Å². The van der Waals surface area contributed by atoms with Crippen LogP contribution in [0.3, 0.4) is 0 Å². The van der Waals surface area contributed by atoms with Gasteiger partial charge in [0.2, 0.25) is 0 Å². The summed E-state index contributed by atoms with van der Waals surface area (Å²) in [6, 6.07) is 4.55. The van der Waals surface area contributed by atoms with E-state index in [2.05, 4.69) is 44.7 Å². The normalized spacial score (nSPS) is 11.4. The molecule has 0 amide bonds. The van der Waals surface area contributed by atoms with Crippen LogP contribution in [0.5, 0.6) is 0 Å². The number of ether oxygens (including phenoxy) is 1.